The molecule has 1 atom stereocenters. The van der Waals surface area contributed by atoms with Crippen molar-refractivity contribution >= 4 is 23.2 Å². The lowest BCUT2D eigenvalue weighted by molar-refractivity contribution is -0.137. The number of fused-ring (bicyclic) bond motifs is 1. The van der Waals surface area contributed by atoms with Gasteiger partial charge in [0, 0.05) is 22.6 Å². The lowest BCUT2D eigenvalue weighted by atomic mass is 10.0. The van der Waals surface area contributed by atoms with Gasteiger partial charge in [-0.2, -0.15) is 13.2 Å². The molecule has 1 unspecified atom stereocenters. The molecule has 9 heteroatoms. The minimum Gasteiger partial charge on any atom is -0.507 e. The minimum absolute atomic E-state index is 0.0789. The molecule has 1 aromatic heterocycles. The fourth-order valence-corrected chi connectivity index (χ4v) is 4.68. The molecule has 0 aliphatic carbocycles. The maximum Gasteiger partial charge on any atom is 0.416 e. The first kappa shape index (κ1) is 22.0. The van der Waals surface area contributed by atoms with Crippen molar-refractivity contribution in [3.8, 4) is 11.5 Å². The van der Waals surface area contributed by atoms with Gasteiger partial charge in [-0.05, 0) is 42.8 Å². The SMILES string of the molecule is COc1ccc(C2CC(c3c(O)cc(C)oc3=O)=Nc3cc(C(F)(F)F)ccc3S2)cc1. The van der Waals surface area contributed by atoms with Crippen LogP contribution in [0.3, 0.4) is 0 Å². The zero-order chi connectivity index (χ0) is 23.0. The number of methoxy groups -OCH3 is 1. The highest BCUT2D eigenvalue weighted by Gasteiger charge is 2.33. The van der Waals surface area contributed by atoms with Crippen LogP contribution in [0.2, 0.25) is 0 Å². The van der Waals surface area contributed by atoms with Crippen LogP contribution in [0.1, 0.15) is 34.1 Å². The van der Waals surface area contributed by atoms with E-state index in [0.29, 0.717) is 10.6 Å². The van der Waals surface area contributed by atoms with Crippen molar-refractivity contribution in [1.82, 2.24) is 0 Å². The van der Waals surface area contributed by atoms with Gasteiger partial charge in [-0.1, -0.05) is 12.1 Å². The van der Waals surface area contributed by atoms with E-state index in [0.717, 1.165) is 17.7 Å². The van der Waals surface area contributed by atoms with Crippen LogP contribution in [0.5, 0.6) is 11.5 Å². The zero-order valence-corrected chi connectivity index (χ0v) is 17.9. The number of aryl methyl sites for hydroxylation is 1. The molecule has 3 aromatic rings. The van der Waals surface area contributed by atoms with Crippen molar-refractivity contribution in [1.29, 1.82) is 0 Å². The first-order chi connectivity index (χ1) is 15.2. The first-order valence-electron chi connectivity index (χ1n) is 9.59. The normalized spacial score (nSPS) is 16.2. The van der Waals surface area contributed by atoms with Crippen LogP contribution in [0.4, 0.5) is 18.9 Å². The largest absolute Gasteiger partial charge is 0.507 e. The summed E-state index contributed by atoms with van der Waals surface area (Å²) in [5.41, 5.74) is -0.691. The van der Waals surface area contributed by atoms with Crippen molar-refractivity contribution in [2.24, 2.45) is 4.99 Å². The standard InChI is InChI=1S/C23H18F3NO4S/c1-12-9-18(28)21(22(29)31-12)17-11-20(13-3-6-15(30-2)7-4-13)32-19-8-5-14(23(24,25)26)10-16(19)27-17/h3-10,20,28H,11H2,1-2H3. The summed E-state index contributed by atoms with van der Waals surface area (Å²) in [5.74, 6) is 0.547. The van der Waals surface area contributed by atoms with E-state index in [1.807, 2.05) is 12.1 Å². The van der Waals surface area contributed by atoms with E-state index in [9.17, 15) is 23.1 Å². The van der Waals surface area contributed by atoms with Gasteiger partial charge >= 0.3 is 11.8 Å². The van der Waals surface area contributed by atoms with E-state index in [1.165, 1.54) is 30.8 Å². The molecular weight excluding hydrogens is 443 g/mol. The fourth-order valence-electron chi connectivity index (χ4n) is 3.47. The van der Waals surface area contributed by atoms with Gasteiger partial charge in [-0.15, -0.1) is 11.8 Å². The van der Waals surface area contributed by atoms with Crippen LogP contribution in [0.25, 0.3) is 0 Å². The lowest BCUT2D eigenvalue weighted by Crippen LogP contribution is -2.17. The second kappa shape index (κ2) is 8.38. The molecule has 1 N–H and O–H groups in total. The Kier molecular flexibility index (Phi) is 5.77. The number of ether oxygens (including phenoxy) is 1. The summed E-state index contributed by atoms with van der Waals surface area (Å²) in [6.07, 6.45) is -4.35. The molecule has 1 aliphatic rings. The van der Waals surface area contributed by atoms with Crippen molar-refractivity contribution in [3.63, 3.8) is 0 Å². The molecule has 0 saturated carbocycles. The Hall–Kier alpha value is -3.20. The number of aromatic hydroxyl groups is 1. The second-order valence-corrected chi connectivity index (χ2v) is 8.47. The average Bonchev–Trinajstić information content (AvgIpc) is 2.91. The van der Waals surface area contributed by atoms with Crippen LogP contribution in [0.15, 0.2) is 67.6 Å². The number of rotatable bonds is 3. The number of benzene rings is 2. The summed E-state index contributed by atoms with van der Waals surface area (Å²) >= 11 is 1.34. The summed E-state index contributed by atoms with van der Waals surface area (Å²) in [5, 5.41) is 10.1. The van der Waals surface area contributed by atoms with Crippen molar-refractivity contribution in [2.75, 3.05) is 7.11 Å². The number of alkyl halides is 3. The number of nitrogens with zero attached hydrogens (tertiary/aromatic N) is 1. The van der Waals surface area contributed by atoms with Crippen LogP contribution in [0, 0.1) is 6.92 Å². The van der Waals surface area contributed by atoms with E-state index >= 15 is 0 Å². The molecule has 166 valence electrons. The zero-order valence-electron chi connectivity index (χ0n) is 17.1. The molecule has 0 bridgehead atoms. The lowest BCUT2D eigenvalue weighted by Gasteiger charge is -2.17. The maximum absolute atomic E-state index is 13.3. The number of thioether (sulfide) groups is 1. The predicted molar refractivity (Wildman–Crippen MR) is 115 cm³/mol. The third-order valence-electron chi connectivity index (χ3n) is 5.02. The molecule has 2 aromatic carbocycles. The van der Waals surface area contributed by atoms with Crippen LogP contribution < -0.4 is 10.4 Å². The molecule has 0 radical (unpaired) electrons. The molecule has 0 saturated heterocycles. The molecule has 32 heavy (non-hydrogen) atoms. The Balaban J connectivity index is 1.88. The summed E-state index contributed by atoms with van der Waals surface area (Å²) in [6, 6.07) is 11.9. The van der Waals surface area contributed by atoms with Gasteiger partial charge in [-0.25, -0.2) is 4.79 Å². The van der Waals surface area contributed by atoms with Crippen LogP contribution in [-0.2, 0) is 6.18 Å². The van der Waals surface area contributed by atoms with E-state index in [2.05, 4.69) is 4.99 Å². The number of halogens is 3. The van der Waals surface area contributed by atoms with Crippen molar-refractivity contribution in [3.05, 3.63) is 81.4 Å². The van der Waals surface area contributed by atoms with Gasteiger partial charge in [0.2, 0.25) is 0 Å². The Morgan fingerprint density at radius 3 is 2.50 bits per heavy atom. The average molecular weight is 461 g/mol. The fraction of sp³-hybridized carbons (Fsp3) is 0.217. The third kappa shape index (κ3) is 4.38. The second-order valence-electron chi connectivity index (χ2n) is 7.23. The predicted octanol–water partition coefficient (Wildman–Crippen LogP) is 6.04. The highest BCUT2D eigenvalue weighted by Crippen LogP contribution is 2.47. The van der Waals surface area contributed by atoms with E-state index < -0.39 is 17.4 Å². The molecule has 4 rings (SSSR count). The van der Waals surface area contributed by atoms with Gasteiger partial charge in [0.15, 0.2) is 0 Å². The summed E-state index contributed by atoms with van der Waals surface area (Å²) < 4.78 is 50.2. The topological polar surface area (TPSA) is 72.0 Å². The number of hydrogen-bond donors (Lipinski definition) is 1. The van der Waals surface area contributed by atoms with E-state index in [4.69, 9.17) is 9.15 Å². The molecule has 5 nitrogen and oxygen atoms in total. The molecule has 1 aliphatic heterocycles. The van der Waals surface area contributed by atoms with Gasteiger partial charge in [0.25, 0.3) is 0 Å². The van der Waals surface area contributed by atoms with Gasteiger partial charge in [0.1, 0.15) is 22.8 Å². The van der Waals surface area contributed by atoms with E-state index in [1.54, 1.807) is 19.2 Å². The number of hydrogen-bond acceptors (Lipinski definition) is 6. The smallest absolute Gasteiger partial charge is 0.416 e. The Morgan fingerprint density at radius 1 is 1.16 bits per heavy atom. The van der Waals surface area contributed by atoms with Gasteiger partial charge in [0.05, 0.1) is 24.1 Å². The summed E-state index contributed by atoms with van der Waals surface area (Å²) in [4.78, 5) is 17.5. The molecule has 0 spiro atoms. The van der Waals surface area contributed by atoms with Crippen LogP contribution in [-0.4, -0.2) is 17.9 Å². The number of aliphatic imine (C=N–C) groups is 1. The third-order valence-corrected chi connectivity index (χ3v) is 6.34. The van der Waals surface area contributed by atoms with Crippen molar-refractivity contribution in [2.45, 2.75) is 29.7 Å². The minimum atomic E-state index is -4.54. The van der Waals surface area contributed by atoms with Crippen molar-refractivity contribution < 1.29 is 27.4 Å². The highest BCUT2D eigenvalue weighted by molar-refractivity contribution is 7.99. The monoisotopic (exact) mass is 461 g/mol. The molecular formula is C23H18F3NO4S. The van der Waals surface area contributed by atoms with Gasteiger partial charge in [-0.3, -0.25) is 4.99 Å². The summed E-state index contributed by atoms with van der Waals surface area (Å²) in [6.45, 7) is 1.51. The van der Waals surface area contributed by atoms with Gasteiger partial charge < -0.3 is 14.3 Å². The highest BCUT2D eigenvalue weighted by atomic mass is 32.2. The Labute approximate surface area is 185 Å². The molecule has 0 amide bonds. The quantitative estimate of drug-likeness (QED) is 0.515. The first-order valence-corrected chi connectivity index (χ1v) is 10.5. The maximum atomic E-state index is 13.3. The molecule has 0 fully saturated rings. The summed E-state index contributed by atoms with van der Waals surface area (Å²) in [7, 11) is 1.55. The Bertz CT molecular complexity index is 1250. The molecule has 2 heterocycles. The Morgan fingerprint density at radius 2 is 1.88 bits per heavy atom. The van der Waals surface area contributed by atoms with E-state index in [-0.39, 0.29) is 40.1 Å². The van der Waals surface area contributed by atoms with Crippen LogP contribution >= 0.6 is 11.8 Å².